The number of carbonyl (C=O) groups excluding carboxylic acids is 1. The van der Waals surface area contributed by atoms with Crippen molar-refractivity contribution in [3.63, 3.8) is 0 Å². The Kier molecular flexibility index (Phi) is 5.77. The smallest absolute Gasteiger partial charge is 0.395 e. The summed E-state index contributed by atoms with van der Waals surface area (Å²) in [5.74, 6) is -0.708. The molecule has 0 fully saturated rings. The van der Waals surface area contributed by atoms with Gasteiger partial charge in [0.1, 0.15) is 12.2 Å². The van der Waals surface area contributed by atoms with Gasteiger partial charge in [0.25, 0.3) is 5.91 Å². The second-order valence-corrected chi connectivity index (χ2v) is 4.99. The van der Waals surface area contributed by atoms with Gasteiger partial charge in [-0.05, 0) is 18.9 Å². The fourth-order valence-corrected chi connectivity index (χ4v) is 1.88. The monoisotopic (exact) mass is 307 g/mol. The van der Waals surface area contributed by atoms with E-state index in [0.29, 0.717) is 17.1 Å². The number of rotatable bonds is 6. The number of carbonyl (C=O) groups is 1. The number of amides is 1. The maximum Gasteiger partial charge on any atom is 0.406 e. The zero-order valence-corrected chi connectivity index (χ0v) is 12.3. The minimum atomic E-state index is -4.51. The number of aliphatic hydroxyl groups is 1. The van der Waals surface area contributed by atoms with Crippen LogP contribution in [0.3, 0.4) is 0 Å². The SMILES string of the molecule is CCn1nc(C(C)C)cc1C(=O)N(CCO)CC(F)(F)F. The Balaban J connectivity index is 3.08. The van der Waals surface area contributed by atoms with Crippen LogP contribution in [0, 0.1) is 0 Å². The van der Waals surface area contributed by atoms with Gasteiger partial charge < -0.3 is 10.0 Å². The summed E-state index contributed by atoms with van der Waals surface area (Å²) in [6, 6.07) is 1.51. The van der Waals surface area contributed by atoms with E-state index in [2.05, 4.69) is 5.10 Å². The Morgan fingerprint density at radius 2 is 2.10 bits per heavy atom. The van der Waals surface area contributed by atoms with E-state index in [1.54, 1.807) is 6.92 Å². The molecular weight excluding hydrogens is 287 g/mol. The fraction of sp³-hybridized carbons (Fsp3) is 0.692. The molecule has 0 aliphatic rings. The number of hydrogen-bond donors (Lipinski definition) is 1. The van der Waals surface area contributed by atoms with Crippen LogP contribution < -0.4 is 0 Å². The first-order valence-corrected chi connectivity index (χ1v) is 6.74. The lowest BCUT2D eigenvalue weighted by Gasteiger charge is -2.23. The molecule has 1 N–H and O–H groups in total. The minimum absolute atomic E-state index is 0.0678. The number of alkyl halides is 3. The quantitative estimate of drug-likeness (QED) is 0.875. The standard InChI is InChI=1S/C13H20F3N3O2/c1-4-19-11(7-10(17-19)9(2)3)12(21)18(5-6-20)8-13(14,15)16/h7,9,20H,4-6,8H2,1-3H3. The van der Waals surface area contributed by atoms with E-state index in [4.69, 9.17) is 5.11 Å². The molecule has 0 aliphatic heterocycles. The number of hydrogen-bond acceptors (Lipinski definition) is 3. The number of aromatic nitrogens is 2. The zero-order chi connectivity index (χ0) is 16.2. The normalized spacial score (nSPS) is 12.0. The summed E-state index contributed by atoms with van der Waals surface area (Å²) in [5.41, 5.74) is 0.759. The van der Waals surface area contributed by atoms with Crippen LogP contribution in [0.2, 0.25) is 0 Å². The maximum absolute atomic E-state index is 12.5. The average molecular weight is 307 g/mol. The molecule has 1 aromatic heterocycles. The molecule has 0 unspecified atom stereocenters. The van der Waals surface area contributed by atoms with Crippen molar-refractivity contribution in [3.05, 3.63) is 17.5 Å². The molecule has 0 aromatic carbocycles. The van der Waals surface area contributed by atoms with Gasteiger partial charge in [-0.2, -0.15) is 18.3 Å². The lowest BCUT2D eigenvalue weighted by Crippen LogP contribution is -2.41. The molecule has 21 heavy (non-hydrogen) atoms. The summed E-state index contributed by atoms with van der Waals surface area (Å²) in [6.45, 7) is 3.62. The first-order valence-electron chi connectivity index (χ1n) is 6.74. The summed E-state index contributed by atoms with van der Waals surface area (Å²) >= 11 is 0. The van der Waals surface area contributed by atoms with Crippen molar-refractivity contribution in [2.75, 3.05) is 19.7 Å². The van der Waals surface area contributed by atoms with Crippen LogP contribution in [-0.4, -0.2) is 51.6 Å². The summed E-state index contributed by atoms with van der Waals surface area (Å²) in [7, 11) is 0. The first-order chi connectivity index (χ1) is 9.69. The summed E-state index contributed by atoms with van der Waals surface area (Å²) < 4.78 is 39.0. The van der Waals surface area contributed by atoms with Crippen molar-refractivity contribution in [3.8, 4) is 0 Å². The van der Waals surface area contributed by atoms with Crippen molar-refractivity contribution in [2.24, 2.45) is 0 Å². The molecule has 1 rings (SSSR count). The van der Waals surface area contributed by atoms with E-state index in [0.717, 1.165) is 0 Å². The van der Waals surface area contributed by atoms with Gasteiger partial charge in [0.05, 0.1) is 12.3 Å². The third-order valence-electron chi connectivity index (χ3n) is 2.94. The van der Waals surface area contributed by atoms with Crippen LogP contribution in [-0.2, 0) is 6.54 Å². The maximum atomic E-state index is 12.5. The van der Waals surface area contributed by atoms with Crippen molar-refractivity contribution in [2.45, 2.75) is 39.4 Å². The van der Waals surface area contributed by atoms with Crippen LogP contribution >= 0.6 is 0 Å². The van der Waals surface area contributed by atoms with E-state index in [1.807, 2.05) is 13.8 Å². The molecule has 1 aromatic rings. The Morgan fingerprint density at radius 3 is 2.52 bits per heavy atom. The molecule has 1 amide bonds. The number of nitrogens with zero attached hydrogens (tertiary/aromatic N) is 3. The van der Waals surface area contributed by atoms with Gasteiger partial charge in [0, 0.05) is 13.1 Å². The molecule has 0 spiro atoms. The van der Waals surface area contributed by atoms with Crippen molar-refractivity contribution >= 4 is 5.91 Å². The second-order valence-electron chi connectivity index (χ2n) is 4.99. The van der Waals surface area contributed by atoms with E-state index in [9.17, 15) is 18.0 Å². The first kappa shape index (κ1) is 17.5. The van der Waals surface area contributed by atoms with Crippen molar-refractivity contribution < 1.29 is 23.1 Å². The lowest BCUT2D eigenvalue weighted by molar-refractivity contribution is -0.141. The van der Waals surface area contributed by atoms with Gasteiger partial charge in [-0.1, -0.05) is 13.8 Å². The summed E-state index contributed by atoms with van der Waals surface area (Å²) in [4.78, 5) is 12.9. The van der Waals surface area contributed by atoms with Gasteiger partial charge in [0.15, 0.2) is 0 Å². The molecule has 0 aliphatic carbocycles. The Hall–Kier alpha value is -1.57. The minimum Gasteiger partial charge on any atom is -0.395 e. The lowest BCUT2D eigenvalue weighted by atomic mass is 10.1. The van der Waals surface area contributed by atoms with Crippen LogP contribution in [0.25, 0.3) is 0 Å². The highest BCUT2D eigenvalue weighted by Gasteiger charge is 2.34. The molecule has 0 saturated carbocycles. The topological polar surface area (TPSA) is 58.4 Å². The van der Waals surface area contributed by atoms with Crippen LogP contribution in [0.15, 0.2) is 6.07 Å². The average Bonchev–Trinajstić information content (AvgIpc) is 2.80. The predicted octanol–water partition coefficient (Wildman–Crippen LogP) is 2.02. The van der Waals surface area contributed by atoms with Gasteiger partial charge in [-0.15, -0.1) is 0 Å². The third-order valence-corrected chi connectivity index (χ3v) is 2.94. The number of halogens is 3. The predicted molar refractivity (Wildman–Crippen MR) is 71.0 cm³/mol. The zero-order valence-electron chi connectivity index (χ0n) is 12.3. The second kappa shape index (κ2) is 6.93. The molecule has 1 heterocycles. The highest BCUT2D eigenvalue weighted by molar-refractivity contribution is 5.92. The van der Waals surface area contributed by atoms with Gasteiger partial charge >= 0.3 is 6.18 Å². The fourth-order valence-electron chi connectivity index (χ4n) is 1.88. The van der Waals surface area contributed by atoms with Crippen LogP contribution in [0.4, 0.5) is 13.2 Å². The number of aliphatic hydroxyl groups excluding tert-OH is 1. The van der Waals surface area contributed by atoms with Gasteiger partial charge in [-0.3, -0.25) is 9.48 Å². The van der Waals surface area contributed by atoms with Gasteiger partial charge in [0.2, 0.25) is 0 Å². The Labute approximate surface area is 121 Å². The van der Waals surface area contributed by atoms with Gasteiger partial charge in [-0.25, -0.2) is 0 Å². The van der Waals surface area contributed by atoms with Crippen LogP contribution in [0.5, 0.6) is 0 Å². The van der Waals surface area contributed by atoms with E-state index in [1.165, 1.54) is 10.7 Å². The van der Waals surface area contributed by atoms with Crippen molar-refractivity contribution in [1.82, 2.24) is 14.7 Å². The third kappa shape index (κ3) is 4.73. The van der Waals surface area contributed by atoms with E-state index >= 15 is 0 Å². The molecule has 8 heteroatoms. The summed E-state index contributed by atoms with van der Waals surface area (Å²) in [5, 5.41) is 13.1. The highest BCUT2D eigenvalue weighted by atomic mass is 19.4. The molecule has 5 nitrogen and oxygen atoms in total. The molecule has 0 bridgehead atoms. The Morgan fingerprint density at radius 1 is 1.48 bits per heavy atom. The highest BCUT2D eigenvalue weighted by Crippen LogP contribution is 2.20. The molecule has 0 atom stereocenters. The molecule has 120 valence electrons. The molecule has 0 saturated heterocycles. The van der Waals surface area contributed by atoms with Crippen LogP contribution in [0.1, 0.15) is 42.9 Å². The Bertz CT molecular complexity index is 483. The van der Waals surface area contributed by atoms with E-state index < -0.39 is 25.2 Å². The van der Waals surface area contributed by atoms with E-state index in [-0.39, 0.29) is 18.2 Å². The molecule has 0 radical (unpaired) electrons. The largest absolute Gasteiger partial charge is 0.406 e. The summed E-state index contributed by atoms with van der Waals surface area (Å²) in [6.07, 6.45) is -4.51. The number of aryl methyl sites for hydroxylation is 1. The molecular formula is C13H20F3N3O2. The van der Waals surface area contributed by atoms with Crippen molar-refractivity contribution in [1.29, 1.82) is 0 Å².